The summed E-state index contributed by atoms with van der Waals surface area (Å²) in [6.07, 6.45) is -0.292. The fraction of sp³-hybridized carbons (Fsp3) is 0.929. The number of likely N-dealkylation sites (tertiary alicyclic amines) is 2. The van der Waals surface area contributed by atoms with Gasteiger partial charge >= 0.3 is 6.09 Å². The molecule has 0 aromatic heterocycles. The SMILES string of the molecule is CC(C)(C)OC(=O)N1CC(CO)CC(N2CC(F)C2)C1. The topological polar surface area (TPSA) is 53.0 Å². The predicted molar refractivity (Wildman–Crippen MR) is 73.3 cm³/mol. The van der Waals surface area contributed by atoms with Gasteiger partial charge in [-0.1, -0.05) is 0 Å². The summed E-state index contributed by atoms with van der Waals surface area (Å²) in [5.74, 6) is 0.0416. The van der Waals surface area contributed by atoms with E-state index in [2.05, 4.69) is 0 Å². The Kier molecular flexibility index (Phi) is 4.54. The summed E-state index contributed by atoms with van der Waals surface area (Å²) in [6, 6.07) is 0.125. The van der Waals surface area contributed by atoms with Gasteiger partial charge in [-0.2, -0.15) is 0 Å². The van der Waals surface area contributed by atoms with E-state index in [0.717, 1.165) is 6.42 Å². The van der Waals surface area contributed by atoms with Gasteiger partial charge < -0.3 is 14.7 Å². The van der Waals surface area contributed by atoms with Crippen LogP contribution in [0.2, 0.25) is 0 Å². The fourth-order valence-electron chi connectivity index (χ4n) is 2.80. The first-order chi connectivity index (χ1) is 9.28. The van der Waals surface area contributed by atoms with Crippen molar-refractivity contribution in [2.45, 2.75) is 45.0 Å². The lowest BCUT2D eigenvalue weighted by molar-refractivity contribution is -0.0338. The number of ether oxygens (including phenoxy) is 1. The highest BCUT2D eigenvalue weighted by molar-refractivity contribution is 5.68. The number of hydrogen-bond acceptors (Lipinski definition) is 4. The minimum Gasteiger partial charge on any atom is -0.444 e. The van der Waals surface area contributed by atoms with Crippen LogP contribution in [0.4, 0.5) is 9.18 Å². The number of carbonyl (C=O) groups excluding carboxylic acids is 1. The van der Waals surface area contributed by atoms with Crippen molar-refractivity contribution in [1.29, 1.82) is 0 Å². The molecule has 2 rings (SSSR count). The molecule has 0 radical (unpaired) electrons. The Morgan fingerprint density at radius 1 is 1.30 bits per heavy atom. The number of nitrogens with zero attached hydrogens (tertiary/aromatic N) is 2. The van der Waals surface area contributed by atoms with Crippen LogP contribution in [0.1, 0.15) is 27.2 Å². The molecule has 0 aliphatic carbocycles. The molecule has 0 spiro atoms. The quantitative estimate of drug-likeness (QED) is 0.831. The molecule has 6 heteroatoms. The van der Waals surface area contributed by atoms with Crippen molar-refractivity contribution in [1.82, 2.24) is 9.80 Å². The maximum absolute atomic E-state index is 13.0. The average molecular weight is 288 g/mol. The number of halogens is 1. The van der Waals surface area contributed by atoms with Crippen LogP contribution in [0, 0.1) is 5.92 Å². The monoisotopic (exact) mass is 288 g/mol. The van der Waals surface area contributed by atoms with Crippen LogP contribution in [0.3, 0.4) is 0 Å². The van der Waals surface area contributed by atoms with E-state index in [1.54, 1.807) is 4.90 Å². The second kappa shape index (κ2) is 5.85. The van der Waals surface area contributed by atoms with Crippen LogP contribution in [0.5, 0.6) is 0 Å². The Morgan fingerprint density at radius 3 is 2.45 bits per heavy atom. The lowest BCUT2D eigenvalue weighted by Gasteiger charge is -2.47. The molecule has 0 bridgehead atoms. The Balaban J connectivity index is 1.96. The highest BCUT2D eigenvalue weighted by Gasteiger charge is 2.39. The first-order valence-electron chi connectivity index (χ1n) is 7.25. The highest BCUT2D eigenvalue weighted by Crippen LogP contribution is 2.26. The first kappa shape index (κ1) is 15.5. The van der Waals surface area contributed by atoms with E-state index in [0.29, 0.717) is 26.2 Å². The van der Waals surface area contributed by atoms with Gasteiger partial charge in [0.05, 0.1) is 0 Å². The number of amides is 1. The number of aliphatic hydroxyl groups excluding tert-OH is 1. The van der Waals surface area contributed by atoms with Gasteiger partial charge in [-0.3, -0.25) is 4.90 Å². The summed E-state index contributed by atoms with van der Waals surface area (Å²) in [5, 5.41) is 9.39. The largest absolute Gasteiger partial charge is 0.444 e. The van der Waals surface area contributed by atoms with Crippen molar-refractivity contribution < 1.29 is 19.0 Å². The molecule has 116 valence electrons. The van der Waals surface area contributed by atoms with Gasteiger partial charge in [-0.25, -0.2) is 9.18 Å². The minimum absolute atomic E-state index is 0.0416. The number of hydrogen-bond donors (Lipinski definition) is 1. The van der Waals surface area contributed by atoms with Crippen LogP contribution < -0.4 is 0 Å². The lowest BCUT2D eigenvalue weighted by atomic mass is 9.92. The molecule has 1 amide bonds. The molecule has 2 unspecified atom stereocenters. The zero-order chi connectivity index (χ0) is 14.9. The van der Waals surface area contributed by atoms with E-state index >= 15 is 0 Å². The van der Waals surface area contributed by atoms with Crippen molar-refractivity contribution >= 4 is 6.09 Å². The minimum atomic E-state index is -0.750. The van der Waals surface area contributed by atoms with E-state index in [9.17, 15) is 14.3 Å². The number of aliphatic hydroxyl groups is 1. The van der Waals surface area contributed by atoms with Crippen LogP contribution >= 0.6 is 0 Å². The van der Waals surface area contributed by atoms with E-state index in [4.69, 9.17) is 4.74 Å². The maximum atomic E-state index is 13.0. The number of alkyl halides is 1. The second-order valence-corrected chi connectivity index (χ2v) is 6.87. The van der Waals surface area contributed by atoms with E-state index in [-0.39, 0.29) is 24.7 Å². The molecule has 2 atom stereocenters. The molecule has 2 heterocycles. The third-order valence-electron chi connectivity index (χ3n) is 3.81. The highest BCUT2D eigenvalue weighted by atomic mass is 19.1. The van der Waals surface area contributed by atoms with E-state index in [1.807, 2.05) is 25.7 Å². The standard InChI is InChI=1S/C14H25FN2O3/c1-14(2,3)20-13(19)17-5-10(9-18)4-12(8-17)16-6-11(15)7-16/h10-12,18H,4-9H2,1-3H3. The Morgan fingerprint density at radius 2 is 1.95 bits per heavy atom. The summed E-state index contributed by atoms with van der Waals surface area (Å²) in [7, 11) is 0. The smallest absolute Gasteiger partial charge is 0.410 e. The summed E-state index contributed by atoms with van der Waals surface area (Å²) in [5.41, 5.74) is -0.528. The van der Waals surface area contributed by atoms with Gasteiger partial charge in [-0.05, 0) is 27.2 Å². The molecule has 20 heavy (non-hydrogen) atoms. The zero-order valence-corrected chi connectivity index (χ0v) is 12.5. The second-order valence-electron chi connectivity index (χ2n) is 6.87. The van der Waals surface area contributed by atoms with Crippen molar-refractivity contribution in [3.63, 3.8) is 0 Å². The van der Waals surface area contributed by atoms with Gasteiger partial charge in [0, 0.05) is 44.7 Å². The van der Waals surface area contributed by atoms with E-state index in [1.165, 1.54) is 0 Å². The van der Waals surface area contributed by atoms with Gasteiger partial charge in [-0.15, -0.1) is 0 Å². The molecule has 0 saturated carbocycles. The third kappa shape index (κ3) is 3.82. The van der Waals surface area contributed by atoms with Crippen molar-refractivity contribution in [3.05, 3.63) is 0 Å². The Bertz CT molecular complexity index is 353. The molecular weight excluding hydrogens is 263 g/mol. The van der Waals surface area contributed by atoms with Crippen LogP contribution in [-0.2, 0) is 4.74 Å². The summed E-state index contributed by atoms with van der Waals surface area (Å²) < 4.78 is 18.4. The fourth-order valence-corrected chi connectivity index (χ4v) is 2.80. The number of piperidine rings is 1. The molecule has 5 nitrogen and oxygen atoms in total. The Labute approximate surface area is 119 Å². The van der Waals surface area contributed by atoms with Crippen molar-refractivity contribution in [2.24, 2.45) is 5.92 Å². The van der Waals surface area contributed by atoms with Gasteiger partial charge in [0.25, 0.3) is 0 Å². The first-order valence-corrected chi connectivity index (χ1v) is 7.25. The molecule has 1 N–H and O–H groups in total. The molecule has 0 aromatic carbocycles. The molecule has 2 saturated heterocycles. The van der Waals surface area contributed by atoms with Gasteiger partial charge in [0.2, 0.25) is 0 Å². The summed E-state index contributed by atoms with van der Waals surface area (Å²) >= 11 is 0. The molecule has 0 aromatic rings. The van der Waals surface area contributed by atoms with E-state index < -0.39 is 11.8 Å². The number of carbonyl (C=O) groups is 1. The predicted octanol–water partition coefficient (Wildman–Crippen LogP) is 1.26. The summed E-state index contributed by atoms with van der Waals surface area (Å²) in [6.45, 7) is 7.47. The van der Waals surface area contributed by atoms with Gasteiger partial charge in [0.15, 0.2) is 0 Å². The van der Waals surface area contributed by atoms with Crippen LogP contribution in [0.25, 0.3) is 0 Å². The molecular formula is C14H25FN2O3. The van der Waals surface area contributed by atoms with Crippen molar-refractivity contribution in [3.8, 4) is 0 Å². The normalized spacial score (nSPS) is 29.1. The number of rotatable bonds is 2. The zero-order valence-electron chi connectivity index (χ0n) is 12.5. The van der Waals surface area contributed by atoms with Gasteiger partial charge in [0.1, 0.15) is 11.8 Å². The lowest BCUT2D eigenvalue weighted by Crippen LogP contribution is -2.60. The average Bonchev–Trinajstić information content (AvgIpc) is 2.32. The van der Waals surface area contributed by atoms with Crippen molar-refractivity contribution in [2.75, 3.05) is 32.8 Å². The molecule has 2 aliphatic rings. The third-order valence-corrected chi connectivity index (χ3v) is 3.81. The molecule has 2 fully saturated rings. The Hall–Kier alpha value is -0.880. The maximum Gasteiger partial charge on any atom is 0.410 e. The van der Waals surface area contributed by atoms with Crippen LogP contribution in [-0.4, -0.2) is 71.6 Å². The summed E-state index contributed by atoms with van der Waals surface area (Å²) in [4.78, 5) is 15.8. The molecule has 2 aliphatic heterocycles. The van der Waals surface area contributed by atoms with Crippen LogP contribution in [0.15, 0.2) is 0 Å².